The summed E-state index contributed by atoms with van der Waals surface area (Å²) in [6.45, 7) is 2.99. The number of hydrogen-bond donors (Lipinski definition) is 3. The van der Waals surface area contributed by atoms with Crippen molar-refractivity contribution in [3.63, 3.8) is 0 Å². The lowest BCUT2D eigenvalue weighted by atomic mass is 10.1. The third-order valence-corrected chi connectivity index (χ3v) is 2.91. The van der Waals surface area contributed by atoms with E-state index in [2.05, 4.69) is 36.5 Å². The fraction of sp³-hybridized carbons (Fsp3) is 0.200. The van der Waals surface area contributed by atoms with Crippen LogP contribution in [0, 0.1) is 6.92 Å². The molecular formula is C15H19N3. The van der Waals surface area contributed by atoms with Crippen LogP contribution in [0.2, 0.25) is 0 Å². The van der Waals surface area contributed by atoms with Crippen LogP contribution >= 0.6 is 0 Å². The highest BCUT2D eigenvalue weighted by Gasteiger charge is 1.97. The van der Waals surface area contributed by atoms with Gasteiger partial charge in [-0.3, -0.25) is 0 Å². The first-order chi connectivity index (χ1) is 8.65. The molecule has 0 atom stereocenters. The molecule has 94 valence electrons. The van der Waals surface area contributed by atoms with Crippen molar-refractivity contribution in [2.75, 3.05) is 23.3 Å². The van der Waals surface area contributed by atoms with Gasteiger partial charge in [0.15, 0.2) is 0 Å². The topological polar surface area (TPSA) is 64.1 Å². The molecular weight excluding hydrogens is 222 g/mol. The maximum Gasteiger partial charge on any atom is 0.0568 e. The van der Waals surface area contributed by atoms with E-state index in [-0.39, 0.29) is 0 Å². The Hall–Kier alpha value is -2.16. The summed E-state index contributed by atoms with van der Waals surface area (Å²) < 4.78 is 0. The van der Waals surface area contributed by atoms with E-state index in [9.17, 15) is 0 Å². The number of hydrogen-bond acceptors (Lipinski definition) is 3. The molecule has 0 aliphatic rings. The molecule has 0 aromatic heterocycles. The summed E-state index contributed by atoms with van der Waals surface area (Å²) in [5, 5.41) is 3.35. The van der Waals surface area contributed by atoms with Crippen LogP contribution < -0.4 is 16.8 Å². The third kappa shape index (κ3) is 3.17. The average molecular weight is 241 g/mol. The minimum Gasteiger partial charge on any atom is -0.397 e. The number of nitrogens with two attached hydrogens (primary N) is 2. The van der Waals surface area contributed by atoms with Crippen molar-refractivity contribution in [2.45, 2.75) is 13.3 Å². The molecule has 2 aromatic rings. The quantitative estimate of drug-likeness (QED) is 0.721. The molecule has 18 heavy (non-hydrogen) atoms. The Labute approximate surface area is 108 Å². The van der Waals surface area contributed by atoms with E-state index < -0.39 is 0 Å². The number of rotatable bonds is 4. The second-order valence-electron chi connectivity index (χ2n) is 4.51. The van der Waals surface area contributed by atoms with E-state index in [1.165, 1.54) is 11.1 Å². The zero-order valence-corrected chi connectivity index (χ0v) is 10.6. The summed E-state index contributed by atoms with van der Waals surface area (Å²) >= 11 is 0. The van der Waals surface area contributed by atoms with Gasteiger partial charge in [-0.05, 0) is 37.1 Å². The van der Waals surface area contributed by atoms with Crippen molar-refractivity contribution in [3.05, 3.63) is 53.6 Å². The molecule has 0 fully saturated rings. The van der Waals surface area contributed by atoms with Crippen LogP contribution in [0.3, 0.4) is 0 Å². The van der Waals surface area contributed by atoms with Crippen LogP contribution in [0.4, 0.5) is 17.1 Å². The highest BCUT2D eigenvalue weighted by molar-refractivity contribution is 5.69. The summed E-state index contributed by atoms with van der Waals surface area (Å²) in [5.74, 6) is 0. The van der Waals surface area contributed by atoms with E-state index in [1.54, 1.807) is 0 Å². The van der Waals surface area contributed by atoms with Crippen molar-refractivity contribution in [2.24, 2.45) is 0 Å². The van der Waals surface area contributed by atoms with Crippen LogP contribution in [0.1, 0.15) is 11.1 Å². The summed E-state index contributed by atoms with van der Waals surface area (Å²) in [6.07, 6.45) is 0.992. The molecule has 0 unspecified atom stereocenters. The van der Waals surface area contributed by atoms with Crippen molar-refractivity contribution in [3.8, 4) is 0 Å². The van der Waals surface area contributed by atoms with Crippen molar-refractivity contribution in [1.82, 2.24) is 0 Å². The van der Waals surface area contributed by atoms with Gasteiger partial charge < -0.3 is 16.8 Å². The molecule has 0 saturated heterocycles. The standard InChI is InChI=1S/C15H19N3/c1-11-3-2-4-12(9-11)7-8-18-13-5-6-14(16)15(17)10-13/h2-6,9-10,18H,7-8,16-17H2,1H3. The lowest BCUT2D eigenvalue weighted by Crippen LogP contribution is -2.05. The Balaban J connectivity index is 1.90. The number of aryl methyl sites for hydroxylation is 1. The molecule has 5 N–H and O–H groups in total. The van der Waals surface area contributed by atoms with Gasteiger partial charge in [0.05, 0.1) is 11.4 Å². The molecule has 0 amide bonds. The highest BCUT2D eigenvalue weighted by atomic mass is 14.9. The third-order valence-electron chi connectivity index (χ3n) is 2.91. The first-order valence-corrected chi connectivity index (χ1v) is 6.09. The minimum atomic E-state index is 0.621. The van der Waals surface area contributed by atoms with Gasteiger partial charge in [0.2, 0.25) is 0 Å². The predicted octanol–water partition coefficient (Wildman–Crippen LogP) is 2.81. The molecule has 2 aromatic carbocycles. The van der Waals surface area contributed by atoms with Crippen LogP contribution in [-0.4, -0.2) is 6.54 Å². The first kappa shape index (κ1) is 12.3. The van der Waals surface area contributed by atoms with Crippen molar-refractivity contribution < 1.29 is 0 Å². The van der Waals surface area contributed by atoms with E-state index >= 15 is 0 Å². The molecule has 0 bridgehead atoms. The molecule has 0 radical (unpaired) electrons. The van der Waals surface area contributed by atoms with E-state index in [0.29, 0.717) is 11.4 Å². The second-order valence-corrected chi connectivity index (χ2v) is 4.51. The summed E-state index contributed by atoms with van der Waals surface area (Å²) in [4.78, 5) is 0. The Bertz CT molecular complexity index is 535. The van der Waals surface area contributed by atoms with Crippen molar-refractivity contribution >= 4 is 17.1 Å². The van der Waals surface area contributed by atoms with Gasteiger partial charge in [-0.1, -0.05) is 29.8 Å². The zero-order chi connectivity index (χ0) is 13.0. The van der Waals surface area contributed by atoms with Crippen LogP contribution in [0.5, 0.6) is 0 Å². The maximum absolute atomic E-state index is 5.76. The number of nitrogens with one attached hydrogen (secondary N) is 1. The normalized spacial score (nSPS) is 10.3. The molecule has 0 saturated carbocycles. The van der Waals surface area contributed by atoms with Crippen molar-refractivity contribution in [1.29, 1.82) is 0 Å². The number of benzene rings is 2. The van der Waals surface area contributed by atoms with Gasteiger partial charge in [0.1, 0.15) is 0 Å². The molecule has 3 heteroatoms. The first-order valence-electron chi connectivity index (χ1n) is 6.09. The summed E-state index contributed by atoms with van der Waals surface area (Å²) in [5.41, 5.74) is 16.3. The van der Waals surface area contributed by atoms with Gasteiger partial charge in [-0.25, -0.2) is 0 Å². The highest BCUT2D eigenvalue weighted by Crippen LogP contribution is 2.19. The smallest absolute Gasteiger partial charge is 0.0568 e. The van der Waals surface area contributed by atoms with Crippen LogP contribution in [0.25, 0.3) is 0 Å². The molecule has 0 aliphatic heterocycles. The van der Waals surface area contributed by atoms with E-state index in [4.69, 9.17) is 11.5 Å². The SMILES string of the molecule is Cc1cccc(CCNc2ccc(N)c(N)c2)c1. The van der Waals surface area contributed by atoms with Gasteiger partial charge >= 0.3 is 0 Å². The average Bonchev–Trinajstić information content (AvgIpc) is 2.34. The van der Waals surface area contributed by atoms with E-state index in [0.717, 1.165) is 18.7 Å². The van der Waals surface area contributed by atoms with Gasteiger partial charge in [-0.15, -0.1) is 0 Å². The maximum atomic E-state index is 5.76. The molecule has 0 spiro atoms. The van der Waals surface area contributed by atoms with Gasteiger partial charge in [0, 0.05) is 12.2 Å². The summed E-state index contributed by atoms with van der Waals surface area (Å²) in [7, 11) is 0. The predicted molar refractivity (Wildman–Crippen MR) is 78.6 cm³/mol. The van der Waals surface area contributed by atoms with Crippen LogP contribution in [-0.2, 0) is 6.42 Å². The molecule has 2 rings (SSSR count). The minimum absolute atomic E-state index is 0.621. The molecule has 0 heterocycles. The Morgan fingerprint density at radius 2 is 1.83 bits per heavy atom. The van der Waals surface area contributed by atoms with Crippen LogP contribution in [0.15, 0.2) is 42.5 Å². The Morgan fingerprint density at radius 1 is 1.00 bits per heavy atom. The Morgan fingerprint density at radius 3 is 2.56 bits per heavy atom. The molecule has 3 nitrogen and oxygen atoms in total. The molecule has 0 aliphatic carbocycles. The lowest BCUT2D eigenvalue weighted by Gasteiger charge is -2.08. The lowest BCUT2D eigenvalue weighted by molar-refractivity contribution is 1.02. The second kappa shape index (κ2) is 5.45. The summed E-state index contributed by atoms with van der Waals surface area (Å²) in [6, 6.07) is 14.2. The fourth-order valence-electron chi connectivity index (χ4n) is 1.90. The van der Waals surface area contributed by atoms with Gasteiger partial charge in [-0.2, -0.15) is 0 Å². The van der Waals surface area contributed by atoms with E-state index in [1.807, 2.05) is 18.2 Å². The largest absolute Gasteiger partial charge is 0.397 e. The number of nitrogen functional groups attached to an aromatic ring is 2. The zero-order valence-electron chi connectivity index (χ0n) is 10.6. The Kier molecular flexibility index (Phi) is 3.72. The monoisotopic (exact) mass is 241 g/mol. The number of anilines is 3. The fourth-order valence-corrected chi connectivity index (χ4v) is 1.90. The van der Waals surface area contributed by atoms with Gasteiger partial charge in [0.25, 0.3) is 0 Å².